The van der Waals surface area contributed by atoms with E-state index in [9.17, 15) is 14.4 Å². The molecule has 3 aliphatic rings. The van der Waals surface area contributed by atoms with Crippen LogP contribution >= 0.6 is 0 Å². The first-order chi connectivity index (χ1) is 19.9. The fourth-order valence-corrected chi connectivity index (χ4v) is 6.69. The maximum Gasteiger partial charge on any atom is 0.245 e. The number of likely N-dealkylation sites (N-methyl/N-ethyl adjacent to an activating group) is 1. The van der Waals surface area contributed by atoms with E-state index in [0.29, 0.717) is 19.5 Å². The van der Waals surface area contributed by atoms with Gasteiger partial charge in [0.05, 0.1) is 12.0 Å². The van der Waals surface area contributed by atoms with Crippen molar-refractivity contribution in [2.45, 2.75) is 96.7 Å². The molecule has 4 rings (SSSR count). The van der Waals surface area contributed by atoms with Crippen molar-refractivity contribution in [3.05, 3.63) is 60.2 Å². The van der Waals surface area contributed by atoms with E-state index in [4.69, 9.17) is 0 Å². The normalized spacial score (nSPS) is 22.6. The highest BCUT2D eigenvalue weighted by molar-refractivity contribution is 5.91. The van der Waals surface area contributed by atoms with E-state index in [1.165, 1.54) is 17.6 Å². The van der Waals surface area contributed by atoms with Crippen LogP contribution in [0.1, 0.15) is 82.0 Å². The molecule has 9 heteroatoms. The third kappa shape index (κ3) is 10.0. The van der Waals surface area contributed by atoms with Gasteiger partial charge in [0.25, 0.3) is 0 Å². The van der Waals surface area contributed by atoms with Crippen LogP contribution in [0.25, 0.3) is 0 Å². The van der Waals surface area contributed by atoms with Crippen LogP contribution in [0.15, 0.2) is 54.6 Å². The fraction of sp³-hybridized carbons (Fsp3) is 0.618. The summed E-state index contributed by atoms with van der Waals surface area (Å²) in [4.78, 5) is 42.8. The molecule has 2 aliphatic carbocycles. The summed E-state index contributed by atoms with van der Waals surface area (Å²) in [5.74, 6) is -0.195. The molecule has 1 saturated heterocycles. The van der Waals surface area contributed by atoms with Gasteiger partial charge in [-0.25, -0.2) is 0 Å². The van der Waals surface area contributed by atoms with Gasteiger partial charge in [-0.3, -0.25) is 14.4 Å². The lowest BCUT2D eigenvalue weighted by Crippen LogP contribution is -2.58. The predicted molar refractivity (Wildman–Crippen MR) is 180 cm³/mol. The van der Waals surface area contributed by atoms with E-state index in [2.05, 4.69) is 40.7 Å². The highest BCUT2D eigenvalue weighted by Gasteiger charge is 2.48. The Morgan fingerprint density at radius 1 is 1.07 bits per heavy atom. The van der Waals surface area contributed by atoms with Crippen LogP contribution in [-0.2, 0) is 20.8 Å². The Morgan fingerprint density at radius 3 is 2.37 bits per heavy atom. The van der Waals surface area contributed by atoms with Crippen LogP contribution in [0.5, 0.6) is 0 Å². The van der Waals surface area contributed by atoms with Crippen LogP contribution in [-0.4, -0.2) is 71.8 Å². The molecule has 2 fully saturated rings. The van der Waals surface area contributed by atoms with Gasteiger partial charge in [-0.15, -0.1) is 6.58 Å². The van der Waals surface area contributed by atoms with Gasteiger partial charge in [0.1, 0.15) is 6.04 Å². The van der Waals surface area contributed by atoms with Crippen molar-refractivity contribution in [1.29, 1.82) is 0 Å². The van der Waals surface area contributed by atoms with Gasteiger partial charge in [-0.2, -0.15) is 0 Å². The lowest BCUT2D eigenvalue weighted by Gasteiger charge is -2.40. The third-order valence-electron chi connectivity index (χ3n) is 8.94. The van der Waals surface area contributed by atoms with Gasteiger partial charge < -0.3 is 31.8 Å². The summed E-state index contributed by atoms with van der Waals surface area (Å²) in [6.45, 7) is 10.9. The number of amides is 3. The van der Waals surface area contributed by atoms with Crippen molar-refractivity contribution in [2.24, 2.45) is 17.8 Å². The monoisotopic (exact) mass is 606 g/mol. The molecule has 248 valence electrons. The number of carbonyl (C=O) groups is 3. The summed E-state index contributed by atoms with van der Waals surface area (Å²) in [5, 5.41) is 9.28. The summed E-state index contributed by atoms with van der Waals surface area (Å²) < 4.78 is 0. The Kier molecular flexibility index (Phi) is 17.1. The molecule has 1 heterocycles. The molecule has 1 aromatic carbocycles. The van der Waals surface area contributed by atoms with E-state index >= 15 is 0 Å². The Balaban J connectivity index is -0.00000259. The molecule has 0 radical (unpaired) electrons. The number of benzene rings is 1. The molecular formula is C34H62N4O5. The van der Waals surface area contributed by atoms with Crippen molar-refractivity contribution in [3.63, 3.8) is 0 Å². The Bertz CT molecular complexity index is 1060. The van der Waals surface area contributed by atoms with Crippen LogP contribution in [0.3, 0.4) is 0 Å². The number of carbonyl (C=O) groups excluding carboxylic acids is 3. The lowest BCUT2D eigenvalue weighted by atomic mass is 9.76. The molecular weight excluding hydrogens is 544 g/mol. The molecule has 9 nitrogen and oxygen atoms in total. The number of hydrogen-bond donors (Lipinski definition) is 3. The first-order valence-corrected chi connectivity index (χ1v) is 15.8. The van der Waals surface area contributed by atoms with Gasteiger partial charge in [-0.05, 0) is 69.9 Å². The quantitative estimate of drug-likeness (QED) is 0.327. The van der Waals surface area contributed by atoms with Gasteiger partial charge in [0.15, 0.2) is 0 Å². The minimum absolute atomic E-state index is 0. The Labute approximate surface area is 263 Å². The molecule has 1 aromatic rings. The minimum atomic E-state index is -0.548. The molecule has 5 atom stereocenters. The highest BCUT2D eigenvalue weighted by Crippen LogP contribution is 2.41. The number of hydrogen-bond acceptors (Lipinski definition) is 4. The summed E-state index contributed by atoms with van der Waals surface area (Å²) in [6.07, 6.45) is 12.4. The average Bonchev–Trinajstić information content (AvgIpc) is 3.44. The SMILES string of the molecule is C=CCC1=C[C@@H]2CCN(C(=O)[C@@H](NC(=O)[C@H](C)NC)C3CCCCC3)[C@@H]2[C@@H](C(=O)NCCc2ccccc2)C1.CC.O.O.[HH].[HH].[HH]. The molecule has 1 saturated carbocycles. The molecule has 0 spiro atoms. The number of nitrogens with one attached hydrogen (secondary N) is 3. The lowest BCUT2D eigenvalue weighted by molar-refractivity contribution is -0.142. The molecule has 3 amide bonds. The van der Waals surface area contributed by atoms with Crippen LogP contribution in [0, 0.1) is 17.8 Å². The zero-order chi connectivity index (χ0) is 29.8. The highest BCUT2D eigenvalue weighted by atomic mass is 16.2. The van der Waals surface area contributed by atoms with Crippen LogP contribution < -0.4 is 16.0 Å². The van der Waals surface area contributed by atoms with Gasteiger partial charge >= 0.3 is 0 Å². The van der Waals surface area contributed by atoms with E-state index in [0.717, 1.165) is 44.9 Å². The smallest absolute Gasteiger partial charge is 0.245 e. The molecule has 43 heavy (non-hydrogen) atoms. The van der Waals surface area contributed by atoms with Crippen molar-refractivity contribution >= 4 is 17.7 Å². The van der Waals surface area contributed by atoms with Crippen molar-refractivity contribution in [1.82, 2.24) is 20.9 Å². The van der Waals surface area contributed by atoms with Crippen LogP contribution in [0.4, 0.5) is 0 Å². The standard InChI is InChI=1S/C32H46N4O3.C2H6.2H2O.3H2/c1-4-11-24-20-26-17-19-36(29(26)27(21-24)31(38)34-18-16-23-12-7-5-8-13-23)32(39)28(25-14-9-6-10-15-25)35-30(37)22(2)33-3;1-2;;;;;/h4-5,7-8,12-13,20,22,25-29,33H,1,6,9-11,14-19,21H2,2-3H3,(H,34,38)(H,35,37);1-2H3;2*1H2;3*1H/t22-,26-,27-,28-,29-;;;;;;/m0....../s1. The van der Waals surface area contributed by atoms with Gasteiger partial charge in [-0.1, -0.05) is 81.2 Å². The summed E-state index contributed by atoms with van der Waals surface area (Å²) in [5.41, 5.74) is 2.41. The predicted octanol–water partition coefficient (Wildman–Crippen LogP) is 3.87. The van der Waals surface area contributed by atoms with E-state index in [1.807, 2.05) is 49.9 Å². The van der Waals surface area contributed by atoms with Crippen molar-refractivity contribution in [3.8, 4) is 0 Å². The van der Waals surface area contributed by atoms with Crippen molar-refractivity contribution in [2.75, 3.05) is 20.1 Å². The number of fused-ring (bicyclic) bond motifs is 1. The number of likely N-dealkylation sites (tertiary alicyclic amines) is 1. The second-order valence-corrected chi connectivity index (χ2v) is 11.5. The fourth-order valence-electron chi connectivity index (χ4n) is 6.69. The Hall–Kier alpha value is -3.01. The first-order valence-electron chi connectivity index (χ1n) is 15.8. The number of nitrogens with zero attached hydrogens (tertiary/aromatic N) is 1. The first kappa shape index (κ1) is 38.0. The van der Waals surface area contributed by atoms with Gasteiger partial charge in [0.2, 0.25) is 17.7 Å². The third-order valence-corrected chi connectivity index (χ3v) is 8.94. The average molecular weight is 607 g/mol. The summed E-state index contributed by atoms with van der Waals surface area (Å²) in [6, 6.07) is 9.04. The number of allylic oxidation sites excluding steroid dienone is 2. The maximum atomic E-state index is 14.2. The van der Waals surface area contributed by atoms with Crippen molar-refractivity contribution < 1.29 is 29.6 Å². The van der Waals surface area contributed by atoms with E-state index in [1.54, 1.807) is 7.05 Å². The number of rotatable bonds is 11. The molecule has 1 aliphatic heterocycles. The minimum Gasteiger partial charge on any atom is -0.412 e. The molecule has 0 unspecified atom stereocenters. The molecule has 0 bridgehead atoms. The van der Waals surface area contributed by atoms with Crippen LogP contribution in [0.2, 0.25) is 0 Å². The van der Waals surface area contributed by atoms with E-state index < -0.39 is 6.04 Å². The zero-order valence-electron chi connectivity index (χ0n) is 26.7. The zero-order valence-corrected chi connectivity index (χ0v) is 26.7. The molecule has 7 N–H and O–H groups in total. The van der Waals surface area contributed by atoms with E-state index in [-0.39, 0.29) is 62.8 Å². The second kappa shape index (κ2) is 19.3. The topological polar surface area (TPSA) is 154 Å². The molecule has 0 aromatic heterocycles. The Morgan fingerprint density at radius 2 is 1.74 bits per heavy atom. The summed E-state index contributed by atoms with van der Waals surface area (Å²) >= 11 is 0. The van der Waals surface area contributed by atoms with Gasteiger partial charge in [0, 0.05) is 23.4 Å². The largest absolute Gasteiger partial charge is 0.412 e. The second-order valence-electron chi connectivity index (χ2n) is 11.5. The summed E-state index contributed by atoms with van der Waals surface area (Å²) in [7, 11) is 1.75. The maximum absolute atomic E-state index is 14.2.